The van der Waals surface area contributed by atoms with E-state index in [1.807, 2.05) is 0 Å². The Balaban J connectivity index is 1.75. The zero-order chi connectivity index (χ0) is 15.5. The number of hydrogen-bond donors (Lipinski definition) is 0. The second-order valence-corrected chi connectivity index (χ2v) is 10.4. The first-order chi connectivity index (χ1) is 10.5. The smallest absolute Gasteiger partial charge is 0.0189 e. The first kappa shape index (κ1) is 15.5. The lowest BCUT2D eigenvalue weighted by molar-refractivity contribution is -0.191. The van der Waals surface area contributed by atoms with Crippen molar-refractivity contribution in [2.45, 2.75) is 91.9 Å². The molecule has 126 valence electrons. The van der Waals surface area contributed by atoms with Crippen molar-refractivity contribution < 1.29 is 0 Å². The molecular formula is C22H38. The average Bonchev–Trinajstić information content (AvgIpc) is 2.45. The Morgan fingerprint density at radius 1 is 0.909 bits per heavy atom. The van der Waals surface area contributed by atoms with Crippen LogP contribution in [0.1, 0.15) is 91.9 Å². The van der Waals surface area contributed by atoms with Gasteiger partial charge in [-0.25, -0.2) is 0 Å². The number of rotatable bonds is 3. The molecule has 0 heterocycles. The minimum atomic E-state index is 0.685. The van der Waals surface area contributed by atoms with E-state index in [0.29, 0.717) is 5.41 Å². The molecule has 0 amide bonds. The topological polar surface area (TPSA) is 0 Å². The second-order valence-electron chi connectivity index (χ2n) is 10.4. The van der Waals surface area contributed by atoms with Gasteiger partial charge in [-0.1, -0.05) is 40.5 Å². The summed E-state index contributed by atoms with van der Waals surface area (Å²) in [5.74, 6) is 6.20. The molecule has 0 heteroatoms. The van der Waals surface area contributed by atoms with Crippen LogP contribution in [0.4, 0.5) is 0 Å². The van der Waals surface area contributed by atoms with Gasteiger partial charge >= 0.3 is 0 Å². The molecule has 0 saturated heterocycles. The van der Waals surface area contributed by atoms with Crippen LogP contribution in [-0.4, -0.2) is 0 Å². The molecule has 5 aliphatic carbocycles. The molecule has 5 saturated carbocycles. The van der Waals surface area contributed by atoms with Crippen molar-refractivity contribution in [2.24, 2.45) is 46.3 Å². The predicted molar refractivity (Wildman–Crippen MR) is 94.7 cm³/mol. The van der Waals surface area contributed by atoms with Gasteiger partial charge in [-0.3, -0.25) is 0 Å². The maximum absolute atomic E-state index is 2.59. The molecule has 0 aromatic rings. The molecule has 0 spiro atoms. The molecule has 0 N–H and O–H groups in total. The quantitative estimate of drug-likeness (QED) is 0.544. The summed E-state index contributed by atoms with van der Waals surface area (Å²) in [5, 5.41) is 0. The van der Waals surface area contributed by atoms with Gasteiger partial charge in [0.05, 0.1) is 0 Å². The Kier molecular flexibility index (Phi) is 3.70. The van der Waals surface area contributed by atoms with E-state index < -0.39 is 0 Å². The summed E-state index contributed by atoms with van der Waals surface area (Å²) in [5.41, 5.74) is 1.43. The van der Waals surface area contributed by atoms with Crippen LogP contribution >= 0.6 is 0 Å². The lowest BCUT2D eigenvalue weighted by atomic mass is 9.36. The van der Waals surface area contributed by atoms with Gasteiger partial charge in [-0.2, -0.15) is 0 Å². The Morgan fingerprint density at radius 3 is 1.91 bits per heavy atom. The van der Waals surface area contributed by atoms with Crippen LogP contribution in [0.25, 0.3) is 0 Å². The summed E-state index contributed by atoms with van der Waals surface area (Å²) < 4.78 is 0. The predicted octanol–water partition coefficient (Wildman–Crippen LogP) is 6.69. The molecule has 4 bridgehead atoms. The first-order valence-electron chi connectivity index (χ1n) is 10.5. The van der Waals surface area contributed by atoms with E-state index in [0.717, 1.165) is 40.9 Å². The van der Waals surface area contributed by atoms with E-state index in [-0.39, 0.29) is 0 Å². The molecule has 5 rings (SSSR count). The highest BCUT2D eigenvalue weighted by atomic mass is 14.7. The molecule has 3 unspecified atom stereocenters. The maximum Gasteiger partial charge on any atom is -0.0189 e. The minimum Gasteiger partial charge on any atom is -0.0651 e. The molecular weight excluding hydrogens is 264 g/mol. The zero-order valence-corrected chi connectivity index (χ0v) is 15.5. The normalized spacial score (nSPS) is 54.1. The third kappa shape index (κ3) is 2.01. The Labute approximate surface area is 138 Å². The molecule has 0 nitrogen and oxygen atoms in total. The van der Waals surface area contributed by atoms with Crippen LogP contribution in [0.3, 0.4) is 0 Å². The molecule has 5 aliphatic rings. The van der Waals surface area contributed by atoms with E-state index in [1.54, 1.807) is 44.9 Å². The Bertz CT molecular complexity index is 384. The van der Waals surface area contributed by atoms with Crippen LogP contribution in [0.2, 0.25) is 0 Å². The fourth-order valence-corrected chi connectivity index (χ4v) is 8.79. The lowest BCUT2D eigenvalue weighted by Gasteiger charge is -2.68. The van der Waals surface area contributed by atoms with Crippen molar-refractivity contribution in [3.8, 4) is 0 Å². The van der Waals surface area contributed by atoms with Crippen molar-refractivity contribution in [3.05, 3.63) is 0 Å². The molecule has 22 heavy (non-hydrogen) atoms. The van der Waals surface area contributed by atoms with Crippen molar-refractivity contribution in [3.63, 3.8) is 0 Å². The summed E-state index contributed by atoms with van der Waals surface area (Å²) in [6.45, 7) is 10.2. The van der Waals surface area contributed by atoms with Gasteiger partial charge in [-0.05, 0) is 97.7 Å². The van der Waals surface area contributed by atoms with E-state index in [2.05, 4.69) is 27.7 Å². The summed E-state index contributed by atoms with van der Waals surface area (Å²) >= 11 is 0. The molecule has 3 atom stereocenters. The van der Waals surface area contributed by atoms with Gasteiger partial charge in [0.2, 0.25) is 0 Å². The van der Waals surface area contributed by atoms with Gasteiger partial charge in [-0.15, -0.1) is 0 Å². The molecule has 0 aromatic heterocycles. The van der Waals surface area contributed by atoms with E-state index in [4.69, 9.17) is 0 Å². The third-order valence-corrected chi connectivity index (χ3v) is 9.01. The molecule has 0 radical (unpaired) electrons. The summed E-state index contributed by atoms with van der Waals surface area (Å²) in [7, 11) is 0. The van der Waals surface area contributed by atoms with Crippen LogP contribution in [0.15, 0.2) is 0 Å². The zero-order valence-electron chi connectivity index (χ0n) is 15.5. The van der Waals surface area contributed by atoms with Gasteiger partial charge in [0.25, 0.3) is 0 Å². The molecule has 5 fully saturated rings. The number of hydrogen-bond acceptors (Lipinski definition) is 0. The van der Waals surface area contributed by atoms with Crippen LogP contribution in [0, 0.1) is 46.3 Å². The van der Waals surface area contributed by atoms with E-state index in [1.165, 1.54) is 19.3 Å². The van der Waals surface area contributed by atoms with E-state index in [9.17, 15) is 0 Å². The SMILES string of the molecule is CCC1CC(C)CCC1(C(C)C)C12CC3CC(CC(C3)C1)C2. The van der Waals surface area contributed by atoms with Gasteiger partial charge in [0, 0.05) is 0 Å². The second kappa shape index (κ2) is 5.25. The van der Waals surface area contributed by atoms with Crippen molar-refractivity contribution in [2.75, 3.05) is 0 Å². The summed E-state index contributed by atoms with van der Waals surface area (Å²) in [6.07, 6.45) is 15.7. The molecule has 0 aliphatic heterocycles. The fraction of sp³-hybridized carbons (Fsp3) is 1.00. The standard InChI is InChI=1S/C22H38/c1-5-20-8-16(4)6-7-22(20,15(2)3)21-12-17-9-18(13-21)11-19(10-17)14-21/h15-20H,5-14H2,1-4H3. The average molecular weight is 303 g/mol. The first-order valence-corrected chi connectivity index (χ1v) is 10.5. The van der Waals surface area contributed by atoms with Crippen molar-refractivity contribution in [1.29, 1.82) is 0 Å². The van der Waals surface area contributed by atoms with E-state index >= 15 is 0 Å². The fourth-order valence-electron chi connectivity index (χ4n) is 8.79. The highest BCUT2D eigenvalue weighted by molar-refractivity contribution is 5.12. The largest absolute Gasteiger partial charge is 0.0651 e. The van der Waals surface area contributed by atoms with Gasteiger partial charge < -0.3 is 0 Å². The molecule has 0 aromatic carbocycles. The van der Waals surface area contributed by atoms with Crippen molar-refractivity contribution in [1.82, 2.24) is 0 Å². The van der Waals surface area contributed by atoms with Gasteiger partial charge in [0.15, 0.2) is 0 Å². The highest BCUT2D eigenvalue weighted by Crippen LogP contribution is 2.72. The van der Waals surface area contributed by atoms with Crippen LogP contribution in [0.5, 0.6) is 0 Å². The van der Waals surface area contributed by atoms with Crippen molar-refractivity contribution >= 4 is 0 Å². The Hall–Kier alpha value is 0. The summed E-state index contributed by atoms with van der Waals surface area (Å²) in [4.78, 5) is 0. The maximum atomic E-state index is 2.59. The van der Waals surface area contributed by atoms with Crippen LogP contribution in [-0.2, 0) is 0 Å². The lowest BCUT2D eigenvalue weighted by Crippen LogP contribution is -2.60. The monoisotopic (exact) mass is 302 g/mol. The summed E-state index contributed by atoms with van der Waals surface area (Å²) in [6, 6.07) is 0. The minimum absolute atomic E-state index is 0.685. The van der Waals surface area contributed by atoms with Crippen LogP contribution < -0.4 is 0 Å². The Morgan fingerprint density at radius 2 is 1.45 bits per heavy atom. The van der Waals surface area contributed by atoms with Gasteiger partial charge in [0.1, 0.15) is 0 Å². The highest BCUT2D eigenvalue weighted by Gasteiger charge is 2.63. The third-order valence-electron chi connectivity index (χ3n) is 9.01.